The van der Waals surface area contributed by atoms with Gasteiger partial charge in [0, 0.05) is 10.6 Å². The van der Waals surface area contributed by atoms with Crippen molar-refractivity contribution in [1.29, 1.82) is 0 Å². The highest BCUT2D eigenvalue weighted by Crippen LogP contribution is 2.50. The Morgan fingerprint density at radius 3 is 2.47 bits per heavy atom. The molecule has 1 aliphatic rings. The summed E-state index contributed by atoms with van der Waals surface area (Å²) in [7, 11) is 0. The second-order valence-corrected chi connectivity index (χ2v) is 4.07. The van der Waals surface area contributed by atoms with E-state index in [-0.39, 0.29) is 10.6 Å². The quantitative estimate of drug-likeness (QED) is 0.796. The molecule has 1 N–H and O–H groups in total. The highest BCUT2D eigenvalue weighted by molar-refractivity contribution is 6.30. The zero-order valence-electron chi connectivity index (χ0n) is 7.56. The maximum atomic E-state index is 13.4. The summed E-state index contributed by atoms with van der Waals surface area (Å²) in [6, 6.07) is 2.01. The molecule has 0 aromatic heterocycles. The van der Waals surface area contributed by atoms with Gasteiger partial charge in [-0.05, 0) is 25.0 Å². The first-order valence-corrected chi connectivity index (χ1v) is 4.73. The van der Waals surface area contributed by atoms with Crippen LogP contribution in [-0.2, 0) is 10.2 Å². The molecule has 15 heavy (non-hydrogen) atoms. The molecule has 5 heteroatoms. The van der Waals surface area contributed by atoms with E-state index in [1.165, 1.54) is 6.07 Å². The molecule has 0 saturated heterocycles. The molecule has 1 saturated carbocycles. The maximum absolute atomic E-state index is 13.4. The number of carboxylic acids is 1. The number of rotatable bonds is 2. The summed E-state index contributed by atoms with van der Waals surface area (Å²) < 4.78 is 26.4. The SMILES string of the molecule is O=C(O)C1(c2cc(Cl)cc(F)c2F)CC1. The van der Waals surface area contributed by atoms with E-state index in [2.05, 4.69) is 0 Å². The van der Waals surface area contributed by atoms with Crippen LogP contribution in [0, 0.1) is 11.6 Å². The fourth-order valence-electron chi connectivity index (χ4n) is 1.63. The van der Waals surface area contributed by atoms with Gasteiger partial charge in [-0.1, -0.05) is 11.6 Å². The first-order valence-electron chi connectivity index (χ1n) is 4.36. The van der Waals surface area contributed by atoms with Gasteiger partial charge in [-0.2, -0.15) is 0 Å². The zero-order valence-corrected chi connectivity index (χ0v) is 8.31. The number of benzene rings is 1. The Balaban J connectivity index is 2.58. The van der Waals surface area contributed by atoms with Crippen molar-refractivity contribution >= 4 is 17.6 Å². The Hall–Kier alpha value is -1.16. The second-order valence-electron chi connectivity index (χ2n) is 3.64. The van der Waals surface area contributed by atoms with E-state index in [9.17, 15) is 13.6 Å². The topological polar surface area (TPSA) is 37.3 Å². The lowest BCUT2D eigenvalue weighted by atomic mass is 9.95. The molecule has 1 aromatic carbocycles. The summed E-state index contributed by atoms with van der Waals surface area (Å²) in [6.45, 7) is 0. The minimum atomic E-state index is -1.27. The van der Waals surface area contributed by atoms with Crippen molar-refractivity contribution in [2.24, 2.45) is 0 Å². The minimum absolute atomic E-state index is 0.0106. The molecule has 2 rings (SSSR count). The molecule has 0 bridgehead atoms. The molecule has 1 fully saturated rings. The van der Waals surface area contributed by atoms with E-state index in [0.717, 1.165) is 6.07 Å². The van der Waals surface area contributed by atoms with E-state index < -0.39 is 23.0 Å². The molecule has 0 amide bonds. The van der Waals surface area contributed by atoms with Gasteiger partial charge < -0.3 is 5.11 Å². The Morgan fingerprint density at radius 2 is 2.00 bits per heavy atom. The van der Waals surface area contributed by atoms with E-state index in [1.54, 1.807) is 0 Å². The molecule has 0 spiro atoms. The van der Waals surface area contributed by atoms with Crippen molar-refractivity contribution in [3.8, 4) is 0 Å². The molecule has 1 aromatic rings. The zero-order chi connectivity index (χ0) is 11.2. The first kappa shape index (κ1) is 10.4. The number of aliphatic carboxylic acids is 1. The highest BCUT2D eigenvalue weighted by atomic mass is 35.5. The average molecular weight is 233 g/mol. The minimum Gasteiger partial charge on any atom is -0.481 e. The summed E-state index contributed by atoms with van der Waals surface area (Å²) in [5.74, 6) is -3.35. The third-order valence-corrected chi connectivity index (χ3v) is 2.89. The van der Waals surface area contributed by atoms with Gasteiger partial charge in [0.25, 0.3) is 0 Å². The fraction of sp³-hybridized carbons (Fsp3) is 0.300. The van der Waals surface area contributed by atoms with Crippen LogP contribution < -0.4 is 0 Å². The number of hydrogen-bond acceptors (Lipinski definition) is 1. The van der Waals surface area contributed by atoms with Gasteiger partial charge in [-0.15, -0.1) is 0 Å². The molecular weight excluding hydrogens is 226 g/mol. The van der Waals surface area contributed by atoms with Gasteiger partial charge in [-0.3, -0.25) is 4.79 Å². The van der Waals surface area contributed by atoms with E-state index in [4.69, 9.17) is 16.7 Å². The van der Waals surface area contributed by atoms with E-state index in [1.807, 2.05) is 0 Å². The number of halogens is 3. The van der Waals surface area contributed by atoms with Crippen LogP contribution in [0.4, 0.5) is 8.78 Å². The van der Waals surface area contributed by atoms with Crippen LogP contribution in [0.2, 0.25) is 5.02 Å². The molecule has 80 valence electrons. The first-order chi connectivity index (χ1) is 6.97. The summed E-state index contributed by atoms with van der Waals surface area (Å²) in [5.41, 5.74) is -1.42. The van der Waals surface area contributed by atoms with Gasteiger partial charge in [0.1, 0.15) is 0 Å². The maximum Gasteiger partial charge on any atom is 0.314 e. The van der Waals surface area contributed by atoms with E-state index in [0.29, 0.717) is 12.8 Å². The number of hydrogen-bond donors (Lipinski definition) is 1. The Morgan fingerprint density at radius 1 is 1.40 bits per heavy atom. The average Bonchev–Trinajstić information content (AvgIpc) is 2.91. The molecule has 2 nitrogen and oxygen atoms in total. The van der Waals surface area contributed by atoms with Gasteiger partial charge in [-0.25, -0.2) is 8.78 Å². The lowest BCUT2D eigenvalue weighted by Gasteiger charge is -2.11. The smallest absolute Gasteiger partial charge is 0.314 e. The van der Waals surface area contributed by atoms with Crippen LogP contribution in [0.5, 0.6) is 0 Å². The molecule has 0 heterocycles. The third kappa shape index (κ3) is 1.49. The van der Waals surface area contributed by atoms with Gasteiger partial charge >= 0.3 is 5.97 Å². The van der Waals surface area contributed by atoms with Crippen LogP contribution in [-0.4, -0.2) is 11.1 Å². The third-order valence-electron chi connectivity index (χ3n) is 2.67. The van der Waals surface area contributed by atoms with Crippen molar-refractivity contribution in [3.05, 3.63) is 34.4 Å². The summed E-state index contributed by atoms with van der Waals surface area (Å²) in [6.07, 6.45) is 0.637. The van der Waals surface area contributed by atoms with Crippen molar-refractivity contribution < 1.29 is 18.7 Å². The predicted octanol–water partition coefficient (Wildman–Crippen LogP) is 2.73. The summed E-state index contributed by atoms with van der Waals surface area (Å²) in [5, 5.41) is 8.94. The van der Waals surface area contributed by atoms with Crippen LogP contribution in [0.25, 0.3) is 0 Å². The normalized spacial score (nSPS) is 17.5. The van der Waals surface area contributed by atoms with Crippen molar-refractivity contribution in [2.75, 3.05) is 0 Å². The van der Waals surface area contributed by atoms with Crippen molar-refractivity contribution in [1.82, 2.24) is 0 Å². The lowest BCUT2D eigenvalue weighted by molar-refractivity contribution is -0.140. The molecule has 0 atom stereocenters. The standard InChI is InChI=1S/C10H7ClF2O2/c11-5-3-6(8(13)7(12)4-5)10(1-2-10)9(14)15/h3-4H,1-2H2,(H,14,15). The second kappa shape index (κ2) is 3.17. The Bertz CT molecular complexity index is 441. The van der Waals surface area contributed by atoms with Gasteiger partial charge in [0.2, 0.25) is 0 Å². The van der Waals surface area contributed by atoms with Gasteiger partial charge in [0.05, 0.1) is 5.41 Å². The molecule has 0 radical (unpaired) electrons. The molecule has 1 aliphatic carbocycles. The van der Waals surface area contributed by atoms with Crippen LogP contribution in [0.1, 0.15) is 18.4 Å². The number of carbonyl (C=O) groups is 1. The Labute approximate surface area is 89.5 Å². The lowest BCUT2D eigenvalue weighted by Crippen LogP contribution is -2.21. The van der Waals surface area contributed by atoms with Crippen LogP contribution in [0.15, 0.2) is 12.1 Å². The summed E-state index contributed by atoms with van der Waals surface area (Å²) in [4.78, 5) is 10.9. The Kier molecular flexibility index (Phi) is 2.19. The van der Waals surface area contributed by atoms with Gasteiger partial charge in [0.15, 0.2) is 11.6 Å². The van der Waals surface area contributed by atoms with E-state index >= 15 is 0 Å². The molecular formula is C10H7ClF2O2. The largest absolute Gasteiger partial charge is 0.481 e. The van der Waals surface area contributed by atoms with Crippen molar-refractivity contribution in [3.63, 3.8) is 0 Å². The number of carboxylic acid groups (broad SMARTS) is 1. The monoisotopic (exact) mass is 232 g/mol. The highest BCUT2D eigenvalue weighted by Gasteiger charge is 2.53. The fourth-order valence-corrected chi connectivity index (χ4v) is 1.83. The molecule has 0 aliphatic heterocycles. The predicted molar refractivity (Wildman–Crippen MR) is 49.9 cm³/mol. The summed E-state index contributed by atoms with van der Waals surface area (Å²) >= 11 is 5.56. The van der Waals surface area contributed by atoms with Crippen LogP contribution >= 0.6 is 11.6 Å². The van der Waals surface area contributed by atoms with Crippen molar-refractivity contribution in [2.45, 2.75) is 18.3 Å². The van der Waals surface area contributed by atoms with Crippen LogP contribution in [0.3, 0.4) is 0 Å². The molecule has 0 unspecified atom stereocenters.